The third-order valence-electron chi connectivity index (χ3n) is 2.47. The van der Waals surface area contributed by atoms with Crippen LogP contribution in [-0.4, -0.2) is 12.1 Å². The molecule has 0 aliphatic carbocycles. The molecule has 0 saturated heterocycles. The van der Waals surface area contributed by atoms with E-state index in [0.29, 0.717) is 10.6 Å². The van der Waals surface area contributed by atoms with Gasteiger partial charge in [0.2, 0.25) is 0 Å². The number of amides is 1. The average molecular weight is 295 g/mol. The van der Waals surface area contributed by atoms with Gasteiger partial charge in [0.05, 0.1) is 11.8 Å². The molecule has 0 aromatic heterocycles. The lowest BCUT2D eigenvalue weighted by Gasteiger charge is -2.00. The number of carbonyl (C=O) groups is 1. The number of rotatable bonds is 3. The van der Waals surface area contributed by atoms with Crippen LogP contribution in [0.5, 0.6) is 0 Å². The minimum Gasteiger partial charge on any atom is -0.267 e. The summed E-state index contributed by atoms with van der Waals surface area (Å²) in [6.07, 6.45) is 0.915. The van der Waals surface area contributed by atoms with Crippen molar-refractivity contribution in [3.05, 3.63) is 70.2 Å². The van der Waals surface area contributed by atoms with Gasteiger partial charge in [-0.1, -0.05) is 17.7 Å². The van der Waals surface area contributed by atoms with Gasteiger partial charge < -0.3 is 0 Å². The first kappa shape index (κ1) is 14.1. The van der Waals surface area contributed by atoms with Gasteiger partial charge in [-0.2, -0.15) is 5.10 Å². The van der Waals surface area contributed by atoms with Crippen LogP contribution in [0.3, 0.4) is 0 Å². The number of hydrazone groups is 1. The van der Waals surface area contributed by atoms with Crippen molar-refractivity contribution in [1.29, 1.82) is 0 Å². The fourth-order valence-electron chi connectivity index (χ4n) is 1.46. The molecule has 0 heterocycles. The van der Waals surface area contributed by atoms with Crippen LogP contribution in [0.15, 0.2) is 47.6 Å². The first-order valence-electron chi connectivity index (χ1n) is 5.61. The number of hydrogen-bond acceptors (Lipinski definition) is 2. The molecular formula is C14H9ClF2N2O. The van der Waals surface area contributed by atoms with E-state index in [1.807, 2.05) is 0 Å². The summed E-state index contributed by atoms with van der Waals surface area (Å²) >= 11 is 5.69. The first-order valence-corrected chi connectivity index (χ1v) is 5.98. The summed E-state index contributed by atoms with van der Waals surface area (Å²) in [5.74, 6) is -2.02. The lowest BCUT2D eigenvalue weighted by molar-refractivity contribution is 0.0955. The predicted molar refractivity (Wildman–Crippen MR) is 72.9 cm³/mol. The van der Waals surface area contributed by atoms with Crippen LogP contribution in [0.4, 0.5) is 8.78 Å². The maximum Gasteiger partial charge on any atom is 0.271 e. The SMILES string of the molecule is O=C(N/N=C\c1c(F)cccc1F)c1ccc(Cl)cc1. The molecule has 0 aliphatic heterocycles. The highest BCUT2D eigenvalue weighted by Gasteiger charge is 2.06. The minimum atomic E-state index is -0.755. The Morgan fingerprint density at radius 1 is 1.10 bits per heavy atom. The summed E-state index contributed by atoms with van der Waals surface area (Å²) in [5.41, 5.74) is 2.19. The fourth-order valence-corrected chi connectivity index (χ4v) is 1.58. The van der Waals surface area contributed by atoms with Gasteiger partial charge in [0.25, 0.3) is 5.91 Å². The van der Waals surface area contributed by atoms with Gasteiger partial charge in [0, 0.05) is 10.6 Å². The van der Waals surface area contributed by atoms with Crippen LogP contribution in [0.1, 0.15) is 15.9 Å². The van der Waals surface area contributed by atoms with Gasteiger partial charge in [-0.05, 0) is 36.4 Å². The van der Waals surface area contributed by atoms with Crippen LogP contribution >= 0.6 is 11.6 Å². The Morgan fingerprint density at radius 2 is 1.70 bits per heavy atom. The van der Waals surface area contributed by atoms with Gasteiger partial charge in [0.15, 0.2) is 0 Å². The third kappa shape index (κ3) is 3.39. The van der Waals surface area contributed by atoms with Gasteiger partial charge in [0.1, 0.15) is 11.6 Å². The Kier molecular flexibility index (Phi) is 4.42. The van der Waals surface area contributed by atoms with E-state index in [1.54, 1.807) is 12.1 Å². The van der Waals surface area contributed by atoms with E-state index in [4.69, 9.17) is 11.6 Å². The zero-order valence-corrected chi connectivity index (χ0v) is 10.9. The van der Waals surface area contributed by atoms with Crippen molar-refractivity contribution in [3.63, 3.8) is 0 Å². The Labute approximate surface area is 118 Å². The third-order valence-corrected chi connectivity index (χ3v) is 2.72. The molecule has 0 fully saturated rings. The number of benzene rings is 2. The number of hydrogen-bond donors (Lipinski definition) is 1. The van der Waals surface area contributed by atoms with Crippen LogP contribution < -0.4 is 5.43 Å². The molecule has 20 heavy (non-hydrogen) atoms. The lowest BCUT2D eigenvalue weighted by atomic mass is 10.2. The number of nitrogens with zero attached hydrogens (tertiary/aromatic N) is 1. The maximum absolute atomic E-state index is 13.3. The van der Waals surface area contributed by atoms with Crippen LogP contribution in [0.25, 0.3) is 0 Å². The molecular weight excluding hydrogens is 286 g/mol. The fraction of sp³-hybridized carbons (Fsp3) is 0. The molecule has 102 valence electrons. The van der Waals surface area contributed by atoms with Crippen molar-refractivity contribution >= 4 is 23.7 Å². The van der Waals surface area contributed by atoms with Gasteiger partial charge in [-0.15, -0.1) is 0 Å². The molecule has 0 radical (unpaired) electrons. The Hall–Kier alpha value is -2.27. The molecule has 2 aromatic carbocycles. The molecule has 3 nitrogen and oxygen atoms in total. The zero-order chi connectivity index (χ0) is 14.5. The molecule has 0 aliphatic rings. The Balaban J connectivity index is 2.06. The zero-order valence-electron chi connectivity index (χ0n) is 10.1. The second kappa shape index (κ2) is 6.25. The molecule has 2 rings (SSSR count). The minimum absolute atomic E-state index is 0.316. The smallest absolute Gasteiger partial charge is 0.267 e. The molecule has 0 atom stereocenters. The second-order valence-electron chi connectivity index (χ2n) is 3.84. The van der Waals surface area contributed by atoms with Gasteiger partial charge >= 0.3 is 0 Å². The van der Waals surface area contributed by atoms with Crippen molar-refractivity contribution in [3.8, 4) is 0 Å². The number of halogens is 3. The standard InChI is InChI=1S/C14H9ClF2N2O/c15-10-6-4-9(5-7-10)14(20)19-18-8-11-12(16)2-1-3-13(11)17/h1-8H,(H,19,20)/b18-8-. The van der Waals surface area contributed by atoms with E-state index < -0.39 is 17.5 Å². The lowest BCUT2D eigenvalue weighted by Crippen LogP contribution is -2.17. The van der Waals surface area contributed by atoms with Crippen LogP contribution in [-0.2, 0) is 0 Å². The second-order valence-corrected chi connectivity index (χ2v) is 4.28. The van der Waals surface area contributed by atoms with E-state index in [1.165, 1.54) is 18.2 Å². The molecule has 0 unspecified atom stereocenters. The largest absolute Gasteiger partial charge is 0.271 e. The van der Waals surface area contributed by atoms with E-state index in [9.17, 15) is 13.6 Å². The van der Waals surface area contributed by atoms with Crippen molar-refractivity contribution in [1.82, 2.24) is 5.43 Å². The summed E-state index contributed by atoms with van der Waals surface area (Å²) in [4.78, 5) is 11.7. The number of nitrogens with one attached hydrogen (secondary N) is 1. The normalized spacial score (nSPS) is 10.8. The Bertz CT molecular complexity index is 636. The van der Waals surface area contributed by atoms with Crippen molar-refractivity contribution < 1.29 is 13.6 Å². The highest BCUT2D eigenvalue weighted by molar-refractivity contribution is 6.30. The number of carbonyl (C=O) groups excluding carboxylic acids is 1. The molecule has 1 N–H and O–H groups in total. The monoisotopic (exact) mass is 294 g/mol. The average Bonchev–Trinajstić information content (AvgIpc) is 2.42. The topological polar surface area (TPSA) is 41.5 Å². The molecule has 2 aromatic rings. The van der Waals surface area contributed by atoms with E-state index >= 15 is 0 Å². The quantitative estimate of drug-likeness (QED) is 0.684. The summed E-state index contributed by atoms with van der Waals surface area (Å²) in [6, 6.07) is 9.58. The van der Waals surface area contributed by atoms with Crippen LogP contribution in [0, 0.1) is 11.6 Å². The molecule has 0 bridgehead atoms. The predicted octanol–water partition coefficient (Wildman–Crippen LogP) is 3.38. The van der Waals surface area contributed by atoms with Gasteiger partial charge in [-0.3, -0.25) is 4.79 Å². The van der Waals surface area contributed by atoms with Crippen molar-refractivity contribution in [2.24, 2.45) is 5.10 Å². The maximum atomic E-state index is 13.3. The molecule has 0 spiro atoms. The summed E-state index contributed by atoms with van der Waals surface area (Å²) < 4.78 is 26.6. The van der Waals surface area contributed by atoms with Gasteiger partial charge in [-0.25, -0.2) is 14.2 Å². The van der Waals surface area contributed by atoms with Crippen molar-refractivity contribution in [2.75, 3.05) is 0 Å². The molecule has 0 saturated carbocycles. The summed E-state index contributed by atoms with van der Waals surface area (Å²) in [5, 5.41) is 4.02. The first-order chi connectivity index (χ1) is 9.58. The summed E-state index contributed by atoms with van der Waals surface area (Å²) in [6.45, 7) is 0. The van der Waals surface area contributed by atoms with E-state index in [2.05, 4.69) is 10.5 Å². The Morgan fingerprint density at radius 3 is 2.30 bits per heavy atom. The molecule has 1 amide bonds. The van der Waals surface area contributed by atoms with E-state index in [0.717, 1.165) is 18.3 Å². The molecule has 6 heteroatoms. The van der Waals surface area contributed by atoms with E-state index in [-0.39, 0.29) is 5.56 Å². The van der Waals surface area contributed by atoms with Crippen LogP contribution in [0.2, 0.25) is 5.02 Å². The highest BCUT2D eigenvalue weighted by Crippen LogP contribution is 2.10. The summed E-state index contributed by atoms with van der Waals surface area (Å²) in [7, 11) is 0. The van der Waals surface area contributed by atoms with Crippen molar-refractivity contribution in [2.45, 2.75) is 0 Å². The highest BCUT2D eigenvalue weighted by atomic mass is 35.5.